The Labute approximate surface area is 126 Å². The summed E-state index contributed by atoms with van der Waals surface area (Å²) in [5, 5.41) is 5.04. The van der Waals surface area contributed by atoms with Gasteiger partial charge < -0.3 is 5.32 Å². The van der Waals surface area contributed by atoms with Gasteiger partial charge in [-0.25, -0.2) is 9.78 Å². The van der Waals surface area contributed by atoms with Gasteiger partial charge in [-0.1, -0.05) is 0 Å². The number of hydrogen-bond donors (Lipinski definition) is 1. The largest absolute Gasteiger partial charge is 0.350 e. The molecule has 0 aliphatic heterocycles. The summed E-state index contributed by atoms with van der Waals surface area (Å²) in [6.45, 7) is 0.554. The molecule has 3 rings (SSSR count). The molecule has 1 aliphatic rings. The van der Waals surface area contributed by atoms with Crippen LogP contribution in [0.3, 0.4) is 0 Å². The minimum Gasteiger partial charge on any atom is -0.350 e. The number of nitrogens with one attached hydrogen (secondary N) is 1. The number of fused-ring (bicyclic) bond motifs is 1. The first-order valence-electron chi connectivity index (χ1n) is 7.10. The molecule has 2 heterocycles. The minimum atomic E-state index is -0.402. The van der Waals surface area contributed by atoms with E-state index in [0.29, 0.717) is 6.54 Å². The summed E-state index contributed by atoms with van der Waals surface area (Å²) < 4.78 is 1.30. The van der Waals surface area contributed by atoms with E-state index >= 15 is 0 Å². The van der Waals surface area contributed by atoms with Gasteiger partial charge in [-0.3, -0.25) is 9.36 Å². The molecular weight excluding hydrogens is 286 g/mol. The average Bonchev–Trinajstić information content (AvgIpc) is 2.91. The van der Waals surface area contributed by atoms with E-state index in [2.05, 4.69) is 15.7 Å². The van der Waals surface area contributed by atoms with Crippen LogP contribution >= 0.6 is 11.3 Å². The first-order valence-corrected chi connectivity index (χ1v) is 7.98. The molecule has 0 bridgehead atoms. The molecule has 2 aromatic heterocycles. The number of aryl methyl sites for hydroxylation is 1. The highest BCUT2D eigenvalue weighted by Gasteiger charge is 2.15. The highest BCUT2D eigenvalue weighted by Crippen LogP contribution is 2.29. The second-order valence-corrected chi connectivity index (χ2v) is 6.14. The van der Waals surface area contributed by atoms with Crippen molar-refractivity contribution < 1.29 is 4.79 Å². The predicted molar refractivity (Wildman–Crippen MR) is 81.3 cm³/mol. The van der Waals surface area contributed by atoms with E-state index in [9.17, 15) is 9.59 Å². The summed E-state index contributed by atoms with van der Waals surface area (Å²) in [4.78, 5) is 28.5. The van der Waals surface area contributed by atoms with Crippen LogP contribution in [-0.2, 0) is 30.7 Å². The van der Waals surface area contributed by atoms with E-state index in [0.717, 1.165) is 6.42 Å². The maximum absolute atomic E-state index is 11.9. The van der Waals surface area contributed by atoms with Crippen LogP contribution in [0.2, 0.25) is 0 Å². The highest BCUT2D eigenvalue weighted by atomic mass is 32.1. The third kappa shape index (κ3) is 3.21. The first kappa shape index (κ1) is 14.0. The van der Waals surface area contributed by atoms with Gasteiger partial charge in [0.05, 0.1) is 0 Å². The monoisotopic (exact) mass is 303 g/mol. The molecular formula is C15H17N3O2S. The van der Waals surface area contributed by atoms with Crippen molar-refractivity contribution in [3.05, 3.63) is 50.3 Å². The molecule has 0 aromatic carbocycles. The lowest BCUT2D eigenvalue weighted by molar-refractivity contribution is -0.121. The molecule has 1 amide bonds. The normalized spacial score (nSPS) is 13.7. The fourth-order valence-electron chi connectivity index (χ4n) is 2.62. The van der Waals surface area contributed by atoms with Crippen LogP contribution in [0.4, 0.5) is 0 Å². The Bertz CT molecular complexity index is 705. The summed E-state index contributed by atoms with van der Waals surface area (Å²) in [6, 6.07) is 1.64. The van der Waals surface area contributed by atoms with Crippen molar-refractivity contribution in [3.63, 3.8) is 0 Å². The zero-order chi connectivity index (χ0) is 14.7. The SMILES string of the molecule is O=C(Cn1cccnc1=O)NCc1csc2c1CCCC2. The fourth-order valence-corrected chi connectivity index (χ4v) is 3.77. The van der Waals surface area contributed by atoms with E-state index in [1.807, 2.05) is 0 Å². The van der Waals surface area contributed by atoms with Crippen LogP contribution in [0, 0.1) is 0 Å². The highest BCUT2D eigenvalue weighted by molar-refractivity contribution is 7.10. The second-order valence-electron chi connectivity index (χ2n) is 5.18. The Morgan fingerprint density at radius 1 is 1.38 bits per heavy atom. The van der Waals surface area contributed by atoms with E-state index in [4.69, 9.17) is 0 Å². The van der Waals surface area contributed by atoms with Crippen molar-refractivity contribution in [1.82, 2.24) is 14.9 Å². The molecule has 0 saturated carbocycles. The molecule has 0 unspecified atom stereocenters. The molecule has 21 heavy (non-hydrogen) atoms. The van der Waals surface area contributed by atoms with Crippen LogP contribution in [0.25, 0.3) is 0 Å². The molecule has 0 spiro atoms. The van der Waals surface area contributed by atoms with Crippen LogP contribution in [0.1, 0.15) is 28.8 Å². The quantitative estimate of drug-likeness (QED) is 0.931. The van der Waals surface area contributed by atoms with Gasteiger partial charge in [0.15, 0.2) is 0 Å². The zero-order valence-corrected chi connectivity index (χ0v) is 12.5. The van der Waals surface area contributed by atoms with Gasteiger partial charge in [-0.2, -0.15) is 0 Å². The average molecular weight is 303 g/mol. The van der Waals surface area contributed by atoms with Crippen LogP contribution < -0.4 is 11.0 Å². The van der Waals surface area contributed by atoms with Crippen molar-refractivity contribution >= 4 is 17.2 Å². The van der Waals surface area contributed by atoms with Crippen LogP contribution in [-0.4, -0.2) is 15.5 Å². The van der Waals surface area contributed by atoms with Crippen molar-refractivity contribution in [2.24, 2.45) is 0 Å². The minimum absolute atomic E-state index is 0.0129. The number of nitrogens with zero attached hydrogens (tertiary/aromatic N) is 2. The van der Waals surface area contributed by atoms with E-state index in [1.54, 1.807) is 23.6 Å². The lowest BCUT2D eigenvalue weighted by Crippen LogP contribution is -2.32. The smallest absolute Gasteiger partial charge is 0.347 e. The van der Waals surface area contributed by atoms with Crippen LogP contribution in [0.5, 0.6) is 0 Å². The van der Waals surface area contributed by atoms with Crippen molar-refractivity contribution in [2.45, 2.75) is 38.8 Å². The fraction of sp³-hybridized carbons (Fsp3) is 0.400. The maximum Gasteiger partial charge on any atom is 0.347 e. The molecule has 0 radical (unpaired) electrons. The van der Waals surface area contributed by atoms with Crippen molar-refractivity contribution in [1.29, 1.82) is 0 Å². The number of thiophene rings is 1. The van der Waals surface area contributed by atoms with Gasteiger partial charge in [0.25, 0.3) is 0 Å². The van der Waals surface area contributed by atoms with Crippen molar-refractivity contribution in [3.8, 4) is 0 Å². The third-order valence-corrected chi connectivity index (χ3v) is 4.86. The van der Waals surface area contributed by atoms with E-state index < -0.39 is 5.69 Å². The maximum atomic E-state index is 11.9. The van der Waals surface area contributed by atoms with Gasteiger partial charge in [-0.15, -0.1) is 11.3 Å². The molecule has 0 saturated heterocycles. The van der Waals surface area contributed by atoms with Gasteiger partial charge in [-0.05, 0) is 48.3 Å². The number of rotatable bonds is 4. The number of hydrogen-bond acceptors (Lipinski definition) is 4. The van der Waals surface area contributed by atoms with E-state index in [1.165, 1.54) is 46.0 Å². The topological polar surface area (TPSA) is 64.0 Å². The molecule has 6 heteroatoms. The summed E-state index contributed by atoms with van der Waals surface area (Å²) in [7, 11) is 0. The Morgan fingerprint density at radius 3 is 3.10 bits per heavy atom. The Balaban J connectivity index is 1.60. The molecule has 0 atom stereocenters. The summed E-state index contributed by atoms with van der Waals surface area (Å²) in [5.74, 6) is -0.166. The lowest BCUT2D eigenvalue weighted by Gasteiger charge is -2.13. The zero-order valence-electron chi connectivity index (χ0n) is 11.7. The number of carbonyl (C=O) groups is 1. The van der Waals surface area contributed by atoms with Crippen molar-refractivity contribution in [2.75, 3.05) is 0 Å². The molecule has 0 fully saturated rings. The number of carbonyl (C=O) groups excluding carboxylic acids is 1. The van der Waals surface area contributed by atoms with Gasteiger partial charge >= 0.3 is 5.69 Å². The number of amides is 1. The first-order chi connectivity index (χ1) is 10.2. The van der Waals surface area contributed by atoms with Gasteiger partial charge in [0, 0.05) is 23.8 Å². The Kier molecular flexibility index (Phi) is 4.15. The third-order valence-electron chi connectivity index (χ3n) is 3.72. The number of aromatic nitrogens is 2. The van der Waals surface area contributed by atoms with Gasteiger partial charge in [0.1, 0.15) is 6.54 Å². The summed E-state index contributed by atoms with van der Waals surface area (Å²) in [6.07, 6.45) is 7.78. The molecule has 1 aliphatic carbocycles. The molecule has 5 nitrogen and oxygen atoms in total. The Hall–Kier alpha value is -1.95. The van der Waals surface area contributed by atoms with Crippen LogP contribution in [0.15, 0.2) is 28.6 Å². The summed E-state index contributed by atoms with van der Waals surface area (Å²) >= 11 is 1.79. The van der Waals surface area contributed by atoms with Gasteiger partial charge in [0.2, 0.25) is 5.91 Å². The molecule has 110 valence electrons. The standard InChI is InChI=1S/C15H17N3O2S/c19-14(9-18-7-3-6-16-15(18)20)17-8-11-10-21-13-5-2-1-4-12(11)13/h3,6-7,10H,1-2,4-5,8-9H2,(H,17,19). The Morgan fingerprint density at radius 2 is 2.24 bits per heavy atom. The summed E-state index contributed by atoms with van der Waals surface area (Å²) in [5.41, 5.74) is 2.24. The predicted octanol–water partition coefficient (Wildman–Crippen LogP) is 1.50. The lowest BCUT2D eigenvalue weighted by atomic mass is 9.96. The second kappa shape index (κ2) is 6.22. The van der Waals surface area contributed by atoms with E-state index in [-0.39, 0.29) is 12.5 Å². The molecule has 2 aromatic rings. The molecule has 1 N–H and O–H groups in total.